The molecule has 0 radical (unpaired) electrons. The lowest BCUT2D eigenvalue weighted by atomic mass is 10.0. The van der Waals surface area contributed by atoms with Gasteiger partial charge in [0.15, 0.2) is 11.6 Å². The maximum atomic E-state index is 14.4. The Morgan fingerprint density at radius 2 is 2.03 bits per heavy atom. The van der Waals surface area contributed by atoms with Crippen molar-refractivity contribution in [3.8, 4) is 5.75 Å². The number of nitrogens with zero attached hydrogens (tertiary/aromatic N) is 2. The normalized spacial score (nSPS) is 16.3. The summed E-state index contributed by atoms with van der Waals surface area (Å²) in [5.41, 5.74) is 6.41. The van der Waals surface area contributed by atoms with E-state index in [1.807, 2.05) is 13.8 Å². The van der Waals surface area contributed by atoms with Crippen molar-refractivity contribution in [2.75, 3.05) is 32.2 Å². The number of rotatable bonds is 12. The number of hydrogen-bond donors (Lipinski definition) is 2. The molecule has 2 amide bonds. The number of amides is 2. The first-order valence-corrected chi connectivity index (χ1v) is 15.1. The minimum absolute atomic E-state index is 0. The van der Waals surface area contributed by atoms with Crippen LogP contribution in [0.4, 0.5) is 4.39 Å². The summed E-state index contributed by atoms with van der Waals surface area (Å²) in [5.74, 6) is -0.965. The number of carbonyl (C=O) groups excluding carboxylic acids is 2. The number of aliphatic imine (C=N–C) groups is 1. The third-order valence-electron chi connectivity index (χ3n) is 6.36. The fourth-order valence-electron chi connectivity index (χ4n) is 3.44. The molecule has 0 fully saturated rings. The van der Waals surface area contributed by atoms with Crippen molar-refractivity contribution in [3.05, 3.63) is 53.7 Å². The third-order valence-corrected chi connectivity index (χ3v) is 10.1. The number of benzene rings is 1. The summed E-state index contributed by atoms with van der Waals surface area (Å²) in [6, 6.07) is 3.98. The zero-order valence-electron chi connectivity index (χ0n) is 23.8. The summed E-state index contributed by atoms with van der Waals surface area (Å²) in [6.45, 7) is 13.2. The van der Waals surface area contributed by atoms with Crippen LogP contribution in [-0.4, -0.2) is 65.5 Å². The molecule has 1 aromatic carbocycles. The second kappa shape index (κ2) is 13.3. The second-order valence-corrected chi connectivity index (χ2v) is 15.0. The lowest BCUT2D eigenvalue weighted by Crippen LogP contribution is -2.43. The van der Waals surface area contributed by atoms with Gasteiger partial charge in [-0.2, -0.15) is 4.99 Å². The van der Waals surface area contributed by atoms with Crippen molar-refractivity contribution in [3.63, 3.8) is 0 Å². The largest absolute Gasteiger partial charge is 0.457 e. The highest BCUT2D eigenvalue weighted by atomic mass is 32.3. The molecule has 0 unspecified atom stereocenters. The van der Waals surface area contributed by atoms with Crippen LogP contribution in [0.1, 0.15) is 48.0 Å². The van der Waals surface area contributed by atoms with Gasteiger partial charge >= 0.3 is 0 Å². The lowest BCUT2D eigenvalue weighted by Gasteiger charge is -2.43. The highest BCUT2D eigenvalue weighted by Gasteiger charge is 2.35. The Bertz CT molecular complexity index is 1100. The van der Waals surface area contributed by atoms with Gasteiger partial charge in [-0.25, -0.2) is 4.39 Å². The Morgan fingerprint density at radius 1 is 1.34 bits per heavy atom. The van der Waals surface area contributed by atoms with Crippen LogP contribution in [0.15, 0.2) is 47.3 Å². The van der Waals surface area contributed by atoms with E-state index in [-0.39, 0.29) is 36.0 Å². The molecule has 0 aromatic heterocycles. The van der Waals surface area contributed by atoms with Gasteiger partial charge in [0.25, 0.3) is 11.8 Å². The van der Waals surface area contributed by atoms with Gasteiger partial charge < -0.3 is 24.9 Å². The van der Waals surface area contributed by atoms with Crippen molar-refractivity contribution in [1.82, 2.24) is 10.2 Å². The van der Waals surface area contributed by atoms with Crippen LogP contribution in [0, 0.1) is 18.7 Å². The number of nitrogens with one attached hydrogen (secondary N) is 1. The summed E-state index contributed by atoms with van der Waals surface area (Å²) < 4.78 is 26.2. The number of aryl methyl sites for hydroxylation is 1. The van der Waals surface area contributed by atoms with Gasteiger partial charge in [-0.15, -0.1) is 10.3 Å². The Morgan fingerprint density at radius 3 is 2.66 bits per heavy atom. The number of halogens is 1. The van der Waals surface area contributed by atoms with E-state index in [9.17, 15) is 14.0 Å². The highest BCUT2D eigenvalue weighted by Crippen LogP contribution is 2.53. The van der Waals surface area contributed by atoms with E-state index in [0.717, 1.165) is 0 Å². The number of carbonyl (C=O) groups is 2. The third kappa shape index (κ3) is 8.87. The van der Waals surface area contributed by atoms with E-state index in [0.29, 0.717) is 25.1 Å². The van der Waals surface area contributed by atoms with Gasteiger partial charge in [0.05, 0.1) is 13.2 Å². The summed E-state index contributed by atoms with van der Waals surface area (Å²) in [4.78, 5) is 31.2. The van der Waals surface area contributed by atoms with Crippen LogP contribution in [0.25, 0.3) is 0 Å². The first-order valence-electron chi connectivity index (χ1n) is 12.7. The van der Waals surface area contributed by atoms with Crippen molar-refractivity contribution in [2.24, 2.45) is 16.6 Å². The number of amidine groups is 1. The molecular weight excluding hydrogens is 507 g/mol. The van der Waals surface area contributed by atoms with E-state index < -0.39 is 34.0 Å². The first-order chi connectivity index (χ1) is 17.6. The van der Waals surface area contributed by atoms with E-state index in [1.54, 1.807) is 25.3 Å². The standard InChI is InChI=1S/C28H43FN4O4S.H2/c1-19(2)16-22(33-18-21(17-25(33)34)37-23-11-9-10-20(3)26(23)29)27(35)32-24(30)12-13-31-14-15-36-38(7,8)28(4,5)6;/h9-13,17,19,22,31H,14-16,18H2,1-8H3,(H2,30,32,35);1H/b13-12-;/t22-;/m0./s1. The van der Waals surface area contributed by atoms with Gasteiger partial charge in [0.1, 0.15) is 17.6 Å². The number of hydrogen-bond acceptors (Lipinski definition) is 5. The smallest absolute Gasteiger partial charge is 0.270 e. The monoisotopic (exact) mass is 552 g/mol. The Kier molecular flexibility index (Phi) is 11.0. The first kappa shape index (κ1) is 31.4. The van der Waals surface area contributed by atoms with Crippen molar-refractivity contribution in [1.29, 1.82) is 0 Å². The van der Waals surface area contributed by atoms with E-state index in [4.69, 9.17) is 14.7 Å². The van der Waals surface area contributed by atoms with E-state index >= 15 is 0 Å². The van der Waals surface area contributed by atoms with Crippen LogP contribution in [0.3, 0.4) is 0 Å². The van der Waals surface area contributed by atoms with E-state index in [1.165, 1.54) is 23.1 Å². The molecule has 3 N–H and O–H groups in total. The molecule has 38 heavy (non-hydrogen) atoms. The molecule has 214 valence electrons. The summed E-state index contributed by atoms with van der Waals surface area (Å²) in [7, 11) is -1.20. The van der Waals surface area contributed by atoms with Crippen LogP contribution in [0.2, 0.25) is 0 Å². The zero-order chi connectivity index (χ0) is 28.7. The Balaban J connectivity index is 0.00000760. The lowest BCUT2D eigenvalue weighted by molar-refractivity contribution is -0.134. The fraction of sp³-hybridized carbons (Fsp3) is 0.536. The van der Waals surface area contributed by atoms with Crippen molar-refractivity contribution in [2.45, 2.75) is 58.8 Å². The fourth-order valence-corrected chi connectivity index (χ4v) is 4.29. The highest BCUT2D eigenvalue weighted by molar-refractivity contribution is 8.29. The quantitative estimate of drug-likeness (QED) is 0.222. The Labute approximate surface area is 229 Å². The van der Waals surface area contributed by atoms with E-state index in [2.05, 4.69) is 43.6 Å². The molecule has 1 aliphatic rings. The molecule has 1 aromatic rings. The summed E-state index contributed by atoms with van der Waals surface area (Å²) in [6.07, 6.45) is 9.09. The predicted molar refractivity (Wildman–Crippen MR) is 156 cm³/mol. The van der Waals surface area contributed by atoms with Crippen LogP contribution >= 0.6 is 10.3 Å². The maximum absolute atomic E-state index is 14.4. The van der Waals surface area contributed by atoms with Crippen LogP contribution in [-0.2, 0) is 13.8 Å². The zero-order valence-corrected chi connectivity index (χ0v) is 24.7. The Hall–Kier alpha value is -2.85. The number of ether oxygens (including phenoxy) is 1. The van der Waals surface area contributed by atoms with Gasteiger partial charge in [0.2, 0.25) is 0 Å². The average molecular weight is 553 g/mol. The van der Waals surface area contributed by atoms with Crippen LogP contribution in [0.5, 0.6) is 5.75 Å². The van der Waals surface area contributed by atoms with Gasteiger partial charge in [-0.1, -0.05) is 46.8 Å². The number of nitrogens with two attached hydrogens (primary N) is 1. The van der Waals surface area contributed by atoms with Crippen LogP contribution < -0.4 is 15.8 Å². The molecule has 1 atom stereocenters. The minimum Gasteiger partial charge on any atom is -0.457 e. The topological polar surface area (TPSA) is 106 Å². The van der Waals surface area contributed by atoms with Gasteiger partial charge in [-0.3, -0.25) is 9.59 Å². The molecule has 0 saturated heterocycles. The second-order valence-electron chi connectivity index (χ2n) is 11.0. The summed E-state index contributed by atoms with van der Waals surface area (Å²) in [5, 5.41) is 3.09. The summed E-state index contributed by atoms with van der Waals surface area (Å²) >= 11 is 0. The molecule has 8 nitrogen and oxygen atoms in total. The van der Waals surface area contributed by atoms with Gasteiger partial charge in [-0.05, 0) is 49.5 Å². The molecule has 0 aliphatic carbocycles. The molecule has 1 heterocycles. The minimum atomic E-state index is -1.20. The molecule has 2 rings (SSSR count). The van der Waals surface area contributed by atoms with Crippen molar-refractivity contribution < 1.29 is 24.3 Å². The molecule has 0 saturated carbocycles. The van der Waals surface area contributed by atoms with Crippen molar-refractivity contribution >= 4 is 28.0 Å². The molecule has 1 aliphatic heterocycles. The molecule has 10 heteroatoms. The maximum Gasteiger partial charge on any atom is 0.270 e. The molecular formula is C28H45FN4O4S. The molecule has 0 bridgehead atoms. The predicted octanol–water partition coefficient (Wildman–Crippen LogP) is 4.68. The average Bonchev–Trinajstić information content (AvgIpc) is 3.16. The SMILES string of the molecule is Cc1cccc(OC2=CC(=O)N([C@@H](CC(C)C)C(=O)N=C(N)/C=C\NCCOS(C)(C)C(C)(C)C)C2)c1F.[HH]. The van der Waals surface area contributed by atoms with Gasteiger partial charge in [0, 0.05) is 25.0 Å². The molecule has 0 spiro atoms.